The van der Waals surface area contributed by atoms with Crippen molar-refractivity contribution in [2.24, 2.45) is 0 Å². The summed E-state index contributed by atoms with van der Waals surface area (Å²) in [6.07, 6.45) is 0. The summed E-state index contributed by atoms with van der Waals surface area (Å²) < 4.78 is 1.14. The Hall–Kier alpha value is -2.44. The molecular formula is C15H10ClN3O2S. The summed E-state index contributed by atoms with van der Waals surface area (Å²) in [5.74, 6) is -0.450. The van der Waals surface area contributed by atoms with Crippen LogP contribution in [-0.4, -0.2) is 15.6 Å². The zero-order valence-corrected chi connectivity index (χ0v) is 12.7. The van der Waals surface area contributed by atoms with Crippen molar-refractivity contribution in [1.82, 2.24) is 9.66 Å². The molecule has 110 valence electrons. The van der Waals surface area contributed by atoms with Gasteiger partial charge in [0, 0.05) is 10.6 Å². The third-order valence-corrected chi connectivity index (χ3v) is 3.66. The zero-order chi connectivity index (χ0) is 15.7. The zero-order valence-electron chi connectivity index (χ0n) is 11.2. The van der Waals surface area contributed by atoms with Crippen LogP contribution in [0.5, 0.6) is 0 Å². The number of para-hydroxylation sites is 1. The van der Waals surface area contributed by atoms with Gasteiger partial charge < -0.3 is 4.98 Å². The lowest BCUT2D eigenvalue weighted by atomic mass is 10.2. The van der Waals surface area contributed by atoms with Crippen molar-refractivity contribution in [2.45, 2.75) is 0 Å². The van der Waals surface area contributed by atoms with E-state index in [4.69, 9.17) is 23.8 Å². The van der Waals surface area contributed by atoms with Gasteiger partial charge >= 0.3 is 0 Å². The van der Waals surface area contributed by atoms with E-state index in [1.807, 2.05) is 0 Å². The molecule has 0 spiro atoms. The molecule has 0 saturated carbocycles. The average Bonchev–Trinajstić information content (AvgIpc) is 2.52. The predicted molar refractivity (Wildman–Crippen MR) is 88.5 cm³/mol. The van der Waals surface area contributed by atoms with Crippen LogP contribution in [0, 0.1) is 4.77 Å². The van der Waals surface area contributed by atoms with Crippen LogP contribution in [0.4, 0.5) is 0 Å². The molecule has 5 nitrogen and oxygen atoms in total. The number of carbonyl (C=O) groups is 1. The molecule has 0 unspecified atom stereocenters. The van der Waals surface area contributed by atoms with Gasteiger partial charge in [-0.2, -0.15) is 4.68 Å². The first-order chi connectivity index (χ1) is 10.6. The van der Waals surface area contributed by atoms with Gasteiger partial charge in [0.25, 0.3) is 11.5 Å². The second kappa shape index (κ2) is 5.75. The van der Waals surface area contributed by atoms with E-state index in [9.17, 15) is 9.59 Å². The SMILES string of the molecule is O=C(Nn1c(=S)[nH]c2ccccc2c1=O)c1ccc(Cl)cc1. The molecule has 0 aliphatic heterocycles. The first-order valence-electron chi connectivity index (χ1n) is 6.37. The van der Waals surface area contributed by atoms with E-state index in [0.717, 1.165) is 4.68 Å². The summed E-state index contributed by atoms with van der Waals surface area (Å²) in [4.78, 5) is 27.5. The van der Waals surface area contributed by atoms with Gasteiger partial charge in [-0.25, -0.2) is 0 Å². The molecule has 2 aromatic carbocycles. The molecule has 1 aromatic heterocycles. The summed E-state index contributed by atoms with van der Waals surface area (Å²) in [7, 11) is 0. The van der Waals surface area contributed by atoms with E-state index >= 15 is 0 Å². The average molecular weight is 332 g/mol. The summed E-state index contributed by atoms with van der Waals surface area (Å²) in [6.45, 7) is 0. The lowest BCUT2D eigenvalue weighted by Crippen LogP contribution is -2.34. The number of halogens is 1. The van der Waals surface area contributed by atoms with Crippen LogP contribution in [0.2, 0.25) is 5.02 Å². The van der Waals surface area contributed by atoms with Crippen LogP contribution in [0.15, 0.2) is 53.3 Å². The van der Waals surface area contributed by atoms with Crippen molar-refractivity contribution in [3.63, 3.8) is 0 Å². The summed E-state index contributed by atoms with van der Waals surface area (Å²) in [5.41, 5.74) is 3.10. The molecule has 0 atom stereocenters. The standard InChI is InChI=1S/C15H10ClN3O2S/c16-10-7-5-9(6-8-10)13(20)18-19-14(21)11-3-1-2-4-12(11)17-15(19)22/h1-8H,(H,17,22)(H,18,20). The number of H-pyrrole nitrogens is 1. The normalized spacial score (nSPS) is 10.6. The number of rotatable bonds is 2. The minimum Gasteiger partial charge on any atom is -0.330 e. The Bertz CT molecular complexity index is 976. The van der Waals surface area contributed by atoms with Crippen LogP contribution in [-0.2, 0) is 0 Å². The second-order valence-electron chi connectivity index (χ2n) is 4.56. The predicted octanol–water partition coefficient (Wildman–Crippen LogP) is 3.10. The maximum Gasteiger partial charge on any atom is 0.281 e. The van der Waals surface area contributed by atoms with Gasteiger partial charge in [-0.1, -0.05) is 23.7 Å². The third-order valence-electron chi connectivity index (χ3n) is 3.13. The number of aromatic amines is 1. The van der Waals surface area contributed by atoms with E-state index in [1.165, 1.54) is 0 Å². The Morgan fingerprint density at radius 1 is 1.14 bits per heavy atom. The smallest absolute Gasteiger partial charge is 0.281 e. The quantitative estimate of drug-likeness (QED) is 0.709. The molecular weight excluding hydrogens is 322 g/mol. The molecule has 0 aliphatic rings. The molecule has 0 bridgehead atoms. The molecule has 0 saturated heterocycles. The molecule has 1 amide bonds. The van der Waals surface area contributed by atoms with E-state index < -0.39 is 5.91 Å². The van der Waals surface area contributed by atoms with Gasteiger partial charge in [-0.3, -0.25) is 15.0 Å². The molecule has 2 N–H and O–H groups in total. The van der Waals surface area contributed by atoms with Gasteiger partial charge in [-0.15, -0.1) is 0 Å². The highest BCUT2D eigenvalue weighted by molar-refractivity contribution is 7.71. The Morgan fingerprint density at radius 2 is 1.82 bits per heavy atom. The number of nitrogens with zero attached hydrogens (tertiary/aromatic N) is 1. The largest absolute Gasteiger partial charge is 0.330 e. The van der Waals surface area contributed by atoms with E-state index in [1.54, 1.807) is 48.5 Å². The molecule has 0 radical (unpaired) electrons. The van der Waals surface area contributed by atoms with Crippen LogP contribution < -0.4 is 11.0 Å². The van der Waals surface area contributed by atoms with Crippen molar-refractivity contribution >= 4 is 40.6 Å². The van der Waals surface area contributed by atoms with Crippen molar-refractivity contribution in [2.75, 3.05) is 5.43 Å². The van der Waals surface area contributed by atoms with Gasteiger partial charge in [0.15, 0.2) is 4.77 Å². The van der Waals surface area contributed by atoms with E-state index in [-0.39, 0.29) is 10.3 Å². The third kappa shape index (κ3) is 2.66. The topological polar surface area (TPSA) is 66.9 Å². The lowest BCUT2D eigenvalue weighted by molar-refractivity contribution is 0.101. The van der Waals surface area contributed by atoms with Crippen LogP contribution in [0.1, 0.15) is 10.4 Å². The maximum atomic E-state index is 12.4. The molecule has 0 aliphatic carbocycles. The Morgan fingerprint density at radius 3 is 2.55 bits per heavy atom. The van der Waals surface area contributed by atoms with Gasteiger partial charge in [-0.05, 0) is 48.6 Å². The van der Waals surface area contributed by atoms with Gasteiger partial charge in [0.2, 0.25) is 0 Å². The Labute approximate surface area is 135 Å². The fraction of sp³-hybridized carbons (Fsp3) is 0. The van der Waals surface area contributed by atoms with Crippen molar-refractivity contribution in [3.05, 3.63) is 74.2 Å². The lowest BCUT2D eigenvalue weighted by Gasteiger charge is -2.09. The molecule has 1 heterocycles. The first kappa shape index (κ1) is 14.5. The van der Waals surface area contributed by atoms with Crippen LogP contribution in [0.25, 0.3) is 10.9 Å². The number of fused-ring (bicyclic) bond motifs is 1. The highest BCUT2D eigenvalue weighted by atomic mass is 35.5. The van der Waals surface area contributed by atoms with Gasteiger partial charge in [0.05, 0.1) is 10.9 Å². The number of carbonyl (C=O) groups excluding carboxylic acids is 1. The minimum absolute atomic E-state index is 0.117. The summed E-state index contributed by atoms with van der Waals surface area (Å²) in [6, 6.07) is 13.3. The fourth-order valence-corrected chi connectivity index (χ4v) is 2.40. The number of hydrogen-bond donors (Lipinski definition) is 2. The maximum absolute atomic E-state index is 12.4. The van der Waals surface area contributed by atoms with Crippen LogP contribution >= 0.6 is 23.8 Å². The molecule has 0 fully saturated rings. The second-order valence-corrected chi connectivity index (χ2v) is 5.39. The molecule has 3 rings (SSSR count). The number of nitrogens with one attached hydrogen (secondary N) is 2. The van der Waals surface area contributed by atoms with E-state index in [2.05, 4.69) is 10.4 Å². The first-order valence-corrected chi connectivity index (χ1v) is 7.16. The monoisotopic (exact) mass is 331 g/mol. The summed E-state index contributed by atoms with van der Waals surface area (Å²) in [5, 5.41) is 0.962. The highest BCUT2D eigenvalue weighted by Crippen LogP contribution is 2.10. The number of hydrogen-bond acceptors (Lipinski definition) is 3. The fourth-order valence-electron chi connectivity index (χ4n) is 2.03. The van der Waals surface area contributed by atoms with Crippen molar-refractivity contribution in [1.29, 1.82) is 0 Å². The number of benzene rings is 2. The number of aromatic nitrogens is 2. The molecule has 22 heavy (non-hydrogen) atoms. The van der Waals surface area contributed by atoms with Crippen LogP contribution in [0.3, 0.4) is 0 Å². The highest BCUT2D eigenvalue weighted by Gasteiger charge is 2.10. The number of amides is 1. The molecule has 7 heteroatoms. The summed E-state index contributed by atoms with van der Waals surface area (Å²) >= 11 is 10.9. The van der Waals surface area contributed by atoms with Gasteiger partial charge in [0.1, 0.15) is 0 Å². The molecule has 3 aromatic rings. The Balaban J connectivity index is 2.04. The van der Waals surface area contributed by atoms with Crippen molar-refractivity contribution < 1.29 is 4.79 Å². The Kier molecular flexibility index (Phi) is 3.79. The van der Waals surface area contributed by atoms with Crippen molar-refractivity contribution in [3.8, 4) is 0 Å². The van der Waals surface area contributed by atoms with E-state index in [0.29, 0.717) is 21.5 Å². The minimum atomic E-state index is -0.450.